The summed E-state index contributed by atoms with van der Waals surface area (Å²) in [5.41, 5.74) is 3.69. The number of quaternary nitrogens is 1. The Morgan fingerprint density at radius 1 is 0.647 bits per heavy atom. The van der Waals surface area contributed by atoms with Gasteiger partial charge in [0, 0.05) is 6.54 Å². The molecule has 0 aromatic rings. The number of hydrogen-bond donors (Lipinski definition) is 2. The quantitative estimate of drug-likeness (QED) is 0.375. The Morgan fingerprint density at radius 3 is 1.59 bits per heavy atom. The summed E-state index contributed by atoms with van der Waals surface area (Å²) in [6.07, 6.45) is 12.2. The predicted octanol–water partition coefficient (Wildman–Crippen LogP) is 2.95. The Balaban J connectivity index is 3.60. The van der Waals surface area contributed by atoms with Crippen LogP contribution < -0.4 is 10.4 Å². The smallest absolute Gasteiger partial charge is 0.0945 e. The molecule has 2 heteroatoms. The third-order valence-corrected chi connectivity index (χ3v) is 3.32. The predicted molar refractivity (Wildman–Crippen MR) is 77.3 cm³/mol. The number of rotatable bonds is 13. The molecule has 0 atom stereocenters. The lowest BCUT2D eigenvalue weighted by Crippen LogP contribution is -3.18. The zero-order chi connectivity index (χ0) is 12.8. The summed E-state index contributed by atoms with van der Waals surface area (Å²) >= 11 is 0. The Bertz CT molecular complexity index is 127. The van der Waals surface area contributed by atoms with Gasteiger partial charge in [0.25, 0.3) is 0 Å². The van der Waals surface area contributed by atoms with Crippen LogP contribution in [0.2, 0.25) is 0 Å². The van der Waals surface area contributed by atoms with Gasteiger partial charge in [0.2, 0.25) is 0 Å². The minimum Gasteiger partial charge on any atom is -0.257 e. The first-order valence-electron chi connectivity index (χ1n) is 7.93. The molecule has 0 bridgehead atoms. The van der Waals surface area contributed by atoms with Gasteiger partial charge in [-0.05, 0) is 32.1 Å². The molecule has 0 aromatic carbocycles. The van der Waals surface area contributed by atoms with Gasteiger partial charge in [-0.3, -0.25) is 5.01 Å². The van der Waals surface area contributed by atoms with E-state index in [-0.39, 0.29) is 0 Å². The van der Waals surface area contributed by atoms with Gasteiger partial charge < -0.3 is 0 Å². The monoisotopic (exact) mass is 243 g/mol. The van der Waals surface area contributed by atoms with Gasteiger partial charge in [-0.25, -0.2) is 0 Å². The fraction of sp³-hybridized carbons (Fsp3) is 1.00. The second kappa shape index (κ2) is 14.0. The number of nitrogens with one attached hydrogen (secondary N) is 2. The summed E-state index contributed by atoms with van der Waals surface area (Å²) in [5, 5.41) is 1.63. The van der Waals surface area contributed by atoms with Crippen molar-refractivity contribution >= 4 is 0 Å². The van der Waals surface area contributed by atoms with Gasteiger partial charge in [0.15, 0.2) is 0 Å². The molecule has 0 spiro atoms. The topological polar surface area (TPSA) is 16.5 Å². The van der Waals surface area contributed by atoms with E-state index in [0.29, 0.717) is 0 Å². The van der Waals surface area contributed by atoms with E-state index in [4.69, 9.17) is 0 Å². The van der Waals surface area contributed by atoms with Crippen LogP contribution in [0.1, 0.15) is 78.6 Å². The summed E-state index contributed by atoms with van der Waals surface area (Å²) in [4.78, 5) is 0. The first-order chi connectivity index (χ1) is 8.35. The Morgan fingerprint density at radius 2 is 1.12 bits per heavy atom. The van der Waals surface area contributed by atoms with Crippen LogP contribution in [0.3, 0.4) is 0 Å². The van der Waals surface area contributed by atoms with Crippen molar-refractivity contribution < 1.29 is 5.01 Å². The molecular formula is C15H35N2+. The highest BCUT2D eigenvalue weighted by Crippen LogP contribution is 1.92. The van der Waals surface area contributed by atoms with E-state index in [0.717, 1.165) is 0 Å². The van der Waals surface area contributed by atoms with Crippen LogP contribution in [-0.2, 0) is 0 Å². The third-order valence-electron chi connectivity index (χ3n) is 3.32. The van der Waals surface area contributed by atoms with Crippen LogP contribution in [0.4, 0.5) is 0 Å². The molecule has 2 nitrogen and oxygen atoms in total. The minimum absolute atomic E-state index is 1.20. The molecule has 17 heavy (non-hydrogen) atoms. The summed E-state index contributed by atoms with van der Waals surface area (Å²) in [5.74, 6) is 0. The minimum atomic E-state index is 1.20. The Kier molecular flexibility index (Phi) is 13.9. The molecule has 0 saturated heterocycles. The lowest BCUT2D eigenvalue weighted by molar-refractivity contribution is -0.945. The number of unbranched alkanes of at least 4 members (excludes halogenated alkanes) is 6. The molecule has 0 aliphatic carbocycles. The van der Waals surface area contributed by atoms with Crippen LogP contribution in [0.15, 0.2) is 0 Å². The lowest BCUT2D eigenvalue weighted by Gasteiger charge is -2.19. The molecule has 0 aromatic heterocycles. The van der Waals surface area contributed by atoms with Crippen molar-refractivity contribution in [2.24, 2.45) is 0 Å². The lowest BCUT2D eigenvalue weighted by atomic mass is 10.2. The molecule has 0 saturated carbocycles. The largest absolute Gasteiger partial charge is 0.257 e. The highest BCUT2D eigenvalue weighted by molar-refractivity contribution is 4.41. The molecule has 0 heterocycles. The van der Waals surface area contributed by atoms with Gasteiger partial charge in [-0.2, -0.15) is 5.43 Å². The highest BCUT2D eigenvalue weighted by atomic mass is 15.5. The van der Waals surface area contributed by atoms with E-state index in [1.807, 2.05) is 0 Å². The maximum Gasteiger partial charge on any atom is 0.0945 e. The van der Waals surface area contributed by atoms with Crippen molar-refractivity contribution in [1.82, 2.24) is 5.43 Å². The van der Waals surface area contributed by atoms with Gasteiger partial charge in [-0.1, -0.05) is 46.5 Å². The maximum absolute atomic E-state index is 3.69. The van der Waals surface area contributed by atoms with Crippen LogP contribution >= 0.6 is 0 Å². The summed E-state index contributed by atoms with van der Waals surface area (Å²) < 4.78 is 0. The van der Waals surface area contributed by atoms with Crippen molar-refractivity contribution in [3.05, 3.63) is 0 Å². The van der Waals surface area contributed by atoms with Crippen molar-refractivity contribution in [2.45, 2.75) is 78.6 Å². The van der Waals surface area contributed by atoms with E-state index in [9.17, 15) is 0 Å². The van der Waals surface area contributed by atoms with Crippen LogP contribution in [0.25, 0.3) is 0 Å². The first kappa shape index (κ1) is 16.9. The van der Waals surface area contributed by atoms with E-state index >= 15 is 0 Å². The Hall–Kier alpha value is -0.0800. The van der Waals surface area contributed by atoms with Gasteiger partial charge in [0.05, 0.1) is 13.1 Å². The molecule has 0 radical (unpaired) electrons. The van der Waals surface area contributed by atoms with Crippen LogP contribution in [-0.4, -0.2) is 19.6 Å². The van der Waals surface area contributed by atoms with Crippen molar-refractivity contribution in [2.75, 3.05) is 19.6 Å². The van der Waals surface area contributed by atoms with Gasteiger partial charge in [0.1, 0.15) is 0 Å². The van der Waals surface area contributed by atoms with Crippen LogP contribution in [0, 0.1) is 0 Å². The molecule has 0 amide bonds. The molecule has 0 aliphatic heterocycles. The molecule has 104 valence electrons. The second-order valence-corrected chi connectivity index (χ2v) is 5.15. The van der Waals surface area contributed by atoms with Gasteiger partial charge >= 0.3 is 0 Å². The summed E-state index contributed by atoms with van der Waals surface area (Å²) in [7, 11) is 0. The summed E-state index contributed by atoms with van der Waals surface area (Å²) in [6.45, 7) is 10.7. The second-order valence-electron chi connectivity index (χ2n) is 5.15. The first-order valence-corrected chi connectivity index (χ1v) is 7.93. The van der Waals surface area contributed by atoms with E-state index in [2.05, 4.69) is 26.2 Å². The third kappa shape index (κ3) is 12.2. The zero-order valence-electron chi connectivity index (χ0n) is 12.5. The zero-order valence-corrected chi connectivity index (χ0v) is 12.5. The Labute approximate surface area is 109 Å². The van der Waals surface area contributed by atoms with E-state index < -0.39 is 0 Å². The fourth-order valence-corrected chi connectivity index (χ4v) is 2.12. The standard InChI is InChI=1S/C15H34N2/c1-4-7-10-13-16-17(14-11-8-5-2)15-12-9-6-3/h16H,4-15H2,1-3H3/p+1. The fourth-order valence-electron chi connectivity index (χ4n) is 2.12. The molecule has 0 rings (SSSR count). The SMILES string of the molecule is CCCCCN[NH+](CCCCC)CCCCC. The molecule has 2 N–H and O–H groups in total. The normalized spacial score (nSPS) is 11.3. The van der Waals surface area contributed by atoms with Crippen molar-refractivity contribution in [1.29, 1.82) is 0 Å². The molecule has 0 unspecified atom stereocenters. The molecule has 0 fully saturated rings. The van der Waals surface area contributed by atoms with Crippen LogP contribution in [0.5, 0.6) is 0 Å². The van der Waals surface area contributed by atoms with Crippen molar-refractivity contribution in [3.8, 4) is 0 Å². The summed E-state index contributed by atoms with van der Waals surface area (Å²) in [6, 6.07) is 0. The van der Waals surface area contributed by atoms with Gasteiger partial charge in [-0.15, -0.1) is 0 Å². The molecular weight excluding hydrogens is 208 g/mol. The van der Waals surface area contributed by atoms with Crippen molar-refractivity contribution in [3.63, 3.8) is 0 Å². The molecule has 0 aliphatic rings. The number of hydrogen-bond acceptors (Lipinski definition) is 1. The average Bonchev–Trinajstić information content (AvgIpc) is 2.34. The van der Waals surface area contributed by atoms with E-state index in [1.54, 1.807) is 5.01 Å². The van der Waals surface area contributed by atoms with E-state index in [1.165, 1.54) is 77.4 Å². The maximum atomic E-state index is 3.69. The highest BCUT2D eigenvalue weighted by Gasteiger charge is 2.06. The average molecular weight is 243 g/mol.